The monoisotopic (exact) mass is 344 g/mol. The van der Waals surface area contributed by atoms with Gasteiger partial charge >= 0.3 is 0 Å². The maximum atomic E-state index is 2.52. The lowest BCUT2D eigenvalue weighted by Gasteiger charge is -2.36. The van der Waals surface area contributed by atoms with E-state index in [4.69, 9.17) is 0 Å². The highest BCUT2D eigenvalue weighted by Gasteiger charge is 2.35. The van der Waals surface area contributed by atoms with Crippen molar-refractivity contribution in [1.29, 1.82) is 0 Å². The molecule has 0 unspecified atom stereocenters. The van der Waals surface area contributed by atoms with Gasteiger partial charge in [-0.15, -0.1) is 0 Å². The molecule has 0 saturated carbocycles. The van der Waals surface area contributed by atoms with Crippen molar-refractivity contribution in [3.63, 3.8) is 0 Å². The molecular formula is C27H20. The highest BCUT2D eigenvalue weighted by atomic mass is 14.4. The number of fused-ring (bicyclic) bond motifs is 6. The zero-order chi connectivity index (χ0) is 17.5. The van der Waals surface area contributed by atoms with E-state index in [2.05, 4.69) is 66.8 Å². The molecule has 0 N–H and O–H groups in total. The van der Waals surface area contributed by atoms with Gasteiger partial charge in [-0.2, -0.15) is 0 Å². The first-order valence-electron chi connectivity index (χ1n) is 10.1. The van der Waals surface area contributed by atoms with Gasteiger partial charge < -0.3 is 0 Å². The van der Waals surface area contributed by atoms with Crippen LogP contribution in [0.25, 0.3) is 12.2 Å². The summed E-state index contributed by atoms with van der Waals surface area (Å²) in [6.45, 7) is 0. The molecule has 0 fully saturated rings. The summed E-state index contributed by atoms with van der Waals surface area (Å²) in [5, 5.41) is 0. The van der Waals surface area contributed by atoms with Crippen molar-refractivity contribution in [3.8, 4) is 0 Å². The highest BCUT2D eigenvalue weighted by Crippen LogP contribution is 2.49. The van der Waals surface area contributed by atoms with Crippen molar-refractivity contribution in [3.05, 3.63) is 116 Å². The Kier molecular flexibility index (Phi) is 2.58. The molecule has 3 aromatic carbocycles. The summed E-state index contributed by atoms with van der Waals surface area (Å²) in [7, 11) is 0. The lowest BCUT2D eigenvalue weighted by Crippen LogP contribution is -2.23. The molecule has 0 aliphatic heterocycles. The third-order valence-electron chi connectivity index (χ3n) is 7.03. The van der Waals surface area contributed by atoms with Crippen molar-refractivity contribution >= 4 is 12.2 Å². The molecule has 4 aliphatic carbocycles. The van der Waals surface area contributed by atoms with Gasteiger partial charge in [0.1, 0.15) is 0 Å². The van der Waals surface area contributed by atoms with E-state index in [1.807, 2.05) is 0 Å². The van der Waals surface area contributed by atoms with Crippen molar-refractivity contribution in [2.24, 2.45) is 0 Å². The summed E-state index contributed by atoms with van der Waals surface area (Å²) in [6.07, 6.45) is 13.6. The SMILES string of the molecule is C1=Cc2cc3c(cc2C1)C1c2cc4c(cc2Cc2cccc(c21)C3)C=CC4. The molecule has 0 saturated heterocycles. The summed E-state index contributed by atoms with van der Waals surface area (Å²) in [4.78, 5) is 0. The third-order valence-corrected chi connectivity index (χ3v) is 7.03. The molecule has 0 heteroatoms. The average molecular weight is 344 g/mol. The molecule has 0 heterocycles. The lowest BCUT2D eigenvalue weighted by molar-refractivity contribution is 0.820. The van der Waals surface area contributed by atoms with Crippen LogP contribution in [-0.2, 0) is 25.7 Å². The minimum atomic E-state index is 0.417. The van der Waals surface area contributed by atoms with Gasteiger partial charge in [0, 0.05) is 5.92 Å². The molecule has 4 aliphatic rings. The molecule has 3 aromatic rings. The second kappa shape index (κ2) is 4.89. The van der Waals surface area contributed by atoms with E-state index < -0.39 is 0 Å². The number of hydrogen-bond donors (Lipinski definition) is 0. The first kappa shape index (κ1) is 14.2. The fraction of sp³-hybridized carbons (Fsp3) is 0.185. The summed E-state index contributed by atoms with van der Waals surface area (Å²) in [5.74, 6) is 0.417. The van der Waals surface area contributed by atoms with E-state index in [1.54, 1.807) is 16.7 Å². The van der Waals surface area contributed by atoms with Gasteiger partial charge in [-0.1, -0.05) is 66.8 Å². The molecule has 0 radical (unpaired) electrons. The van der Waals surface area contributed by atoms with Crippen LogP contribution in [0.2, 0.25) is 0 Å². The Morgan fingerprint density at radius 1 is 0.593 bits per heavy atom. The van der Waals surface area contributed by atoms with Crippen molar-refractivity contribution in [2.45, 2.75) is 31.6 Å². The van der Waals surface area contributed by atoms with Crippen LogP contribution in [0, 0.1) is 0 Å². The summed E-state index contributed by atoms with van der Waals surface area (Å²) in [6, 6.07) is 17.0. The van der Waals surface area contributed by atoms with Crippen molar-refractivity contribution in [2.75, 3.05) is 0 Å². The fourth-order valence-corrected chi connectivity index (χ4v) is 5.82. The Balaban J connectivity index is 1.54. The Bertz CT molecular complexity index is 1130. The first-order valence-corrected chi connectivity index (χ1v) is 10.1. The Hall–Kier alpha value is -2.86. The maximum Gasteiger partial charge on any atom is 0.0351 e. The molecule has 0 aromatic heterocycles. The molecule has 0 spiro atoms. The van der Waals surface area contributed by atoms with Crippen LogP contribution in [-0.4, -0.2) is 0 Å². The standard InChI is InChI=1S/C27H20/c1-4-16-10-22-12-20-8-3-9-21-13-23-11-17-5-2-7-19(17)15-25(23)27(26(20)21)24(22)14-18(16)6-1/h1-5,8-11,14-15,27H,6-7,12-13H2. The van der Waals surface area contributed by atoms with E-state index >= 15 is 0 Å². The second-order valence-corrected chi connectivity index (χ2v) is 8.49. The molecule has 7 rings (SSSR count). The lowest BCUT2D eigenvalue weighted by atomic mass is 9.67. The topological polar surface area (TPSA) is 0 Å². The Morgan fingerprint density at radius 3 is 1.70 bits per heavy atom. The molecule has 128 valence electrons. The molecule has 0 nitrogen and oxygen atoms in total. The highest BCUT2D eigenvalue weighted by molar-refractivity contribution is 5.70. The van der Waals surface area contributed by atoms with Crippen molar-refractivity contribution < 1.29 is 0 Å². The first-order chi connectivity index (χ1) is 13.3. The van der Waals surface area contributed by atoms with E-state index in [0.29, 0.717) is 5.92 Å². The van der Waals surface area contributed by atoms with E-state index in [0.717, 1.165) is 25.7 Å². The summed E-state index contributed by atoms with van der Waals surface area (Å²) in [5.41, 5.74) is 16.7. The Morgan fingerprint density at radius 2 is 1.15 bits per heavy atom. The van der Waals surface area contributed by atoms with E-state index in [-0.39, 0.29) is 0 Å². The van der Waals surface area contributed by atoms with Crippen LogP contribution in [0.1, 0.15) is 67.1 Å². The maximum absolute atomic E-state index is 2.52. The van der Waals surface area contributed by atoms with Gasteiger partial charge in [-0.25, -0.2) is 0 Å². The van der Waals surface area contributed by atoms with Crippen LogP contribution in [0.3, 0.4) is 0 Å². The fourth-order valence-electron chi connectivity index (χ4n) is 5.82. The van der Waals surface area contributed by atoms with E-state index in [1.165, 1.54) is 44.5 Å². The third kappa shape index (κ3) is 1.83. The minimum absolute atomic E-state index is 0.417. The van der Waals surface area contributed by atoms with Gasteiger partial charge in [-0.05, 0) is 86.9 Å². The van der Waals surface area contributed by atoms with Crippen LogP contribution in [0.4, 0.5) is 0 Å². The van der Waals surface area contributed by atoms with Gasteiger partial charge in [0.2, 0.25) is 0 Å². The smallest absolute Gasteiger partial charge is 0.0351 e. The van der Waals surface area contributed by atoms with E-state index in [9.17, 15) is 0 Å². The number of benzene rings is 3. The number of rotatable bonds is 0. The molecule has 0 atom stereocenters. The van der Waals surface area contributed by atoms with Crippen LogP contribution < -0.4 is 0 Å². The molecular weight excluding hydrogens is 324 g/mol. The van der Waals surface area contributed by atoms with Gasteiger partial charge in [-0.3, -0.25) is 0 Å². The van der Waals surface area contributed by atoms with Gasteiger partial charge in [0.05, 0.1) is 0 Å². The predicted molar refractivity (Wildman–Crippen MR) is 111 cm³/mol. The number of hydrogen-bond acceptors (Lipinski definition) is 0. The zero-order valence-corrected chi connectivity index (χ0v) is 15.3. The largest absolute Gasteiger partial charge is 0.0795 e. The van der Waals surface area contributed by atoms with Crippen LogP contribution in [0.15, 0.2) is 54.6 Å². The number of allylic oxidation sites excluding steroid dienone is 2. The normalized spacial score (nSPS) is 17.3. The molecule has 0 bridgehead atoms. The molecule has 0 amide bonds. The summed E-state index contributed by atoms with van der Waals surface area (Å²) < 4.78 is 0. The average Bonchev–Trinajstić information content (AvgIpc) is 3.32. The molecule has 27 heavy (non-hydrogen) atoms. The van der Waals surface area contributed by atoms with Gasteiger partial charge in [0.15, 0.2) is 0 Å². The minimum Gasteiger partial charge on any atom is -0.0795 e. The van der Waals surface area contributed by atoms with Crippen LogP contribution >= 0.6 is 0 Å². The predicted octanol–water partition coefficient (Wildman–Crippen LogP) is 5.81. The summed E-state index contributed by atoms with van der Waals surface area (Å²) >= 11 is 0. The Labute approximate surface area is 159 Å². The second-order valence-electron chi connectivity index (χ2n) is 8.49. The zero-order valence-electron chi connectivity index (χ0n) is 15.3. The quantitative estimate of drug-likeness (QED) is 0.332. The van der Waals surface area contributed by atoms with Gasteiger partial charge in [0.25, 0.3) is 0 Å². The van der Waals surface area contributed by atoms with Crippen molar-refractivity contribution in [1.82, 2.24) is 0 Å². The van der Waals surface area contributed by atoms with Crippen LogP contribution in [0.5, 0.6) is 0 Å².